The van der Waals surface area contributed by atoms with Crippen LogP contribution in [0.2, 0.25) is 0 Å². The highest BCUT2D eigenvalue weighted by Gasteiger charge is 2.12. The Balaban J connectivity index is 1.88. The van der Waals surface area contributed by atoms with Crippen LogP contribution in [-0.2, 0) is 9.73 Å². The molecule has 0 aliphatic rings. The largest absolute Gasteiger partial charge is 0.397 e. The van der Waals surface area contributed by atoms with E-state index in [9.17, 15) is 13.8 Å². The van der Waals surface area contributed by atoms with Gasteiger partial charge in [0.05, 0.1) is 21.1 Å². The van der Waals surface area contributed by atoms with Crippen molar-refractivity contribution in [3.8, 4) is 11.1 Å². The van der Waals surface area contributed by atoms with E-state index in [1.54, 1.807) is 36.4 Å². The number of nitrogens with two attached hydrogens (primary N) is 2. The second kappa shape index (κ2) is 7.76. The molecule has 0 radical (unpaired) electrons. The molecular formula is C21H20N4O3S. The molecule has 0 bridgehead atoms. The molecule has 3 aromatic carbocycles. The van der Waals surface area contributed by atoms with Crippen molar-refractivity contribution in [1.29, 1.82) is 4.78 Å². The Morgan fingerprint density at radius 1 is 0.931 bits per heavy atom. The van der Waals surface area contributed by atoms with E-state index in [1.165, 1.54) is 30.5 Å². The number of primary amides is 1. The number of carbonyl (C=O) groups is 2. The number of nitrogen functional groups attached to an aromatic ring is 1. The lowest BCUT2D eigenvalue weighted by molar-refractivity contribution is 0.0997. The van der Waals surface area contributed by atoms with E-state index in [4.69, 9.17) is 16.2 Å². The minimum absolute atomic E-state index is 0.345. The Morgan fingerprint density at radius 3 is 2.21 bits per heavy atom. The number of rotatable bonds is 5. The smallest absolute Gasteiger partial charge is 0.255 e. The van der Waals surface area contributed by atoms with Crippen molar-refractivity contribution in [2.24, 2.45) is 5.73 Å². The molecule has 0 fully saturated rings. The third-order valence-corrected chi connectivity index (χ3v) is 5.52. The van der Waals surface area contributed by atoms with Crippen LogP contribution in [0.3, 0.4) is 0 Å². The Bertz CT molecular complexity index is 1200. The quantitative estimate of drug-likeness (QED) is 0.481. The molecule has 1 unspecified atom stereocenters. The predicted molar refractivity (Wildman–Crippen MR) is 114 cm³/mol. The van der Waals surface area contributed by atoms with E-state index < -0.39 is 15.6 Å². The minimum Gasteiger partial charge on any atom is -0.397 e. The fourth-order valence-electron chi connectivity index (χ4n) is 2.76. The molecule has 0 aromatic heterocycles. The summed E-state index contributed by atoms with van der Waals surface area (Å²) in [5.41, 5.74) is 14.4. The SMILES string of the molecule is CS(=N)(=O)c1ccc(C(=O)Nc2cc(-c3cccc(C(N)=O)c3)ccc2N)cc1. The molecule has 1 atom stereocenters. The summed E-state index contributed by atoms with van der Waals surface area (Å²) in [5, 5.41) is 2.76. The standard InChI is InChI=1S/C21H20N4O3S/c1-29(24,28)17-8-5-13(6-9-17)21(27)25-19-12-15(7-10-18(19)22)14-3-2-4-16(11-14)20(23)26/h2-12,24H,22H2,1H3,(H2,23,26)(H,25,27). The number of anilines is 2. The molecule has 0 heterocycles. The van der Waals surface area contributed by atoms with Crippen LogP contribution in [0.25, 0.3) is 11.1 Å². The van der Waals surface area contributed by atoms with Crippen molar-refractivity contribution in [3.05, 3.63) is 77.9 Å². The van der Waals surface area contributed by atoms with Gasteiger partial charge in [0.25, 0.3) is 5.91 Å². The maximum absolute atomic E-state index is 12.6. The lowest BCUT2D eigenvalue weighted by Crippen LogP contribution is -2.13. The topological polar surface area (TPSA) is 139 Å². The van der Waals surface area contributed by atoms with Crippen LogP contribution < -0.4 is 16.8 Å². The first-order valence-corrected chi connectivity index (χ1v) is 10.6. The monoisotopic (exact) mass is 408 g/mol. The third-order valence-electron chi connectivity index (χ3n) is 4.35. The van der Waals surface area contributed by atoms with Gasteiger partial charge in [-0.2, -0.15) is 0 Å². The van der Waals surface area contributed by atoms with E-state index >= 15 is 0 Å². The summed E-state index contributed by atoms with van der Waals surface area (Å²) < 4.78 is 19.4. The second-order valence-corrected chi connectivity index (χ2v) is 8.73. The Morgan fingerprint density at radius 2 is 1.59 bits per heavy atom. The summed E-state index contributed by atoms with van der Waals surface area (Å²) in [5.74, 6) is -0.915. The predicted octanol–water partition coefficient (Wildman–Crippen LogP) is 3.32. The molecule has 6 N–H and O–H groups in total. The van der Waals surface area contributed by atoms with E-state index in [1.807, 2.05) is 6.07 Å². The summed E-state index contributed by atoms with van der Waals surface area (Å²) in [7, 11) is -2.84. The summed E-state index contributed by atoms with van der Waals surface area (Å²) in [6.45, 7) is 0. The molecule has 0 aliphatic heterocycles. The van der Waals surface area contributed by atoms with Gasteiger partial charge in [-0.15, -0.1) is 0 Å². The van der Waals surface area contributed by atoms with Crippen LogP contribution in [0.5, 0.6) is 0 Å². The van der Waals surface area contributed by atoms with Gasteiger partial charge in [-0.1, -0.05) is 18.2 Å². The summed E-state index contributed by atoms with van der Waals surface area (Å²) in [6.07, 6.45) is 1.32. The molecule has 0 saturated carbocycles. The van der Waals surface area contributed by atoms with Crippen LogP contribution in [0.15, 0.2) is 71.6 Å². The number of hydrogen-bond donors (Lipinski definition) is 4. The van der Waals surface area contributed by atoms with Gasteiger partial charge in [-0.25, -0.2) is 8.99 Å². The van der Waals surface area contributed by atoms with Crippen LogP contribution in [0.4, 0.5) is 11.4 Å². The average Bonchev–Trinajstić information content (AvgIpc) is 2.69. The average molecular weight is 408 g/mol. The number of amides is 2. The molecule has 3 rings (SSSR count). The fraction of sp³-hybridized carbons (Fsp3) is 0.0476. The minimum atomic E-state index is -2.84. The van der Waals surface area contributed by atoms with Gasteiger partial charge in [0.1, 0.15) is 0 Å². The molecule has 2 amide bonds. The van der Waals surface area contributed by atoms with Gasteiger partial charge in [-0.05, 0) is 59.7 Å². The lowest BCUT2D eigenvalue weighted by atomic mass is 10.0. The van der Waals surface area contributed by atoms with Gasteiger partial charge < -0.3 is 16.8 Å². The summed E-state index contributed by atoms with van der Waals surface area (Å²) in [6, 6.07) is 18.0. The van der Waals surface area contributed by atoms with E-state index in [0.29, 0.717) is 27.4 Å². The summed E-state index contributed by atoms with van der Waals surface area (Å²) >= 11 is 0. The highest BCUT2D eigenvalue weighted by Crippen LogP contribution is 2.28. The molecule has 0 aliphatic carbocycles. The maximum Gasteiger partial charge on any atom is 0.255 e. The molecule has 8 heteroatoms. The molecule has 3 aromatic rings. The molecule has 0 spiro atoms. The number of nitrogens with one attached hydrogen (secondary N) is 2. The van der Waals surface area contributed by atoms with E-state index in [2.05, 4.69) is 5.32 Å². The first kappa shape index (κ1) is 20.1. The third kappa shape index (κ3) is 4.61. The molecular weight excluding hydrogens is 388 g/mol. The van der Waals surface area contributed by atoms with Crippen molar-refractivity contribution in [2.75, 3.05) is 17.3 Å². The van der Waals surface area contributed by atoms with Crippen LogP contribution in [0.1, 0.15) is 20.7 Å². The molecule has 29 heavy (non-hydrogen) atoms. The van der Waals surface area contributed by atoms with Gasteiger partial charge in [0.2, 0.25) is 5.91 Å². The molecule has 7 nitrogen and oxygen atoms in total. The summed E-state index contributed by atoms with van der Waals surface area (Å²) in [4.78, 5) is 24.3. The maximum atomic E-state index is 12.6. The van der Waals surface area contributed by atoms with Crippen LogP contribution in [0, 0.1) is 4.78 Å². The normalized spacial score (nSPS) is 12.7. The highest BCUT2D eigenvalue weighted by molar-refractivity contribution is 7.91. The second-order valence-electron chi connectivity index (χ2n) is 6.57. The molecule has 0 saturated heterocycles. The highest BCUT2D eigenvalue weighted by atomic mass is 32.2. The number of carbonyl (C=O) groups excluding carboxylic acids is 2. The fourth-order valence-corrected chi connectivity index (χ4v) is 3.41. The van der Waals surface area contributed by atoms with Gasteiger partial charge in [0, 0.05) is 22.3 Å². The number of hydrogen-bond acceptors (Lipinski definition) is 5. The van der Waals surface area contributed by atoms with Gasteiger partial charge in [0.15, 0.2) is 0 Å². The first-order valence-electron chi connectivity index (χ1n) is 8.60. The Kier molecular flexibility index (Phi) is 5.38. The van der Waals surface area contributed by atoms with E-state index in [-0.39, 0.29) is 5.91 Å². The number of benzene rings is 3. The zero-order valence-electron chi connectivity index (χ0n) is 15.6. The Hall–Kier alpha value is -3.65. The zero-order chi connectivity index (χ0) is 21.2. The van der Waals surface area contributed by atoms with Gasteiger partial charge >= 0.3 is 0 Å². The van der Waals surface area contributed by atoms with Crippen LogP contribution in [-0.4, -0.2) is 22.3 Å². The van der Waals surface area contributed by atoms with Crippen LogP contribution >= 0.6 is 0 Å². The van der Waals surface area contributed by atoms with Crippen molar-refractivity contribution >= 4 is 32.9 Å². The van der Waals surface area contributed by atoms with E-state index in [0.717, 1.165) is 11.1 Å². The van der Waals surface area contributed by atoms with Crippen molar-refractivity contribution in [2.45, 2.75) is 4.90 Å². The van der Waals surface area contributed by atoms with Gasteiger partial charge in [-0.3, -0.25) is 9.59 Å². The first-order chi connectivity index (χ1) is 13.6. The Labute approximate surface area is 168 Å². The molecule has 148 valence electrons. The lowest BCUT2D eigenvalue weighted by Gasteiger charge is -2.12. The van der Waals surface area contributed by atoms with Crippen molar-refractivity contribution in [3.63, 3.8) is 0 Å². The zero-order valence-corrected chi connectivity index (χ0v) is 16.5. The van der Waals surface area contributed by atoms with Crippen molar-refractivity contribution < 1.29 is 13.8 Å². The van der Waals surface area contributed by atoms with Crippen molar-refractivity contribution in [1.82, 2.24) is 0 Å².